The van der Waals surface area contributed by atoms with Crippen LogP contribution in [0.2, 0.25) is 0 Å². The maximum Gasteiger partial charge on any atom is 0.267 e. The van der Waals surface area contributed by atoms with Gasteiger partial charge in [-0.15, -0.1) is 0 Å². The smallest absolute Gasteiger partial charge is 0.267 e. The number of aromatic nitrogens is 1. The van der Waals surface area contributed by atoms with E-state index in [4.69, 9.17) is 4.74 Å². The Bertz CT molecular complexity index is 634. The van der Waals surface area contributed by atoms with Gasteiger partial charge in [-0.25, -0.2) is 0 Å². The fraction of sp³-hybridized carbons (Fsp3) is 0.286. The van der Waals surface area contributed by atoms with Crippen molar-refractivity contribution in [2.45, 2.75) is 6.92 Å². The maximum atomic E-state index is 11.9. The molecule has 2 rings (SSSR count). The van der Waals surface area contributed by atoms with Crippen molar-refractivity contribution in [3.8, 4) is 5.75 Å². The quantitative estimate of drug-likeness (QED) is 0.713. The second kappa shape index (κ2) is 6.10. The van der Waals surface area contributed by atoms with E-state index in [9.17, 15) is 9.59 Å². The van der Waals surface area contributed by atoms with E-state index in [0.29, 0.717) is 18.8 Å². The summed E-state index contributed by atoms with van der Waals surface area (Å²) in [5.74, 6) is 0.427. The van der Waals surface area contributed by atoms with Gasteiger partial charge in [0, 0.05) is 30.9 Å². The van der Waals surface area contributed by atoms with Crippen LogP contribution in [0.3, 0.4) is 0 Å². The van der Waals surface area contributed by atoms with Gasteiger partial charge in [0.15, 0.2) is 0 Å². The molecule has 0 saturated carbocycles. The third kappa shape index (κ3) is 3.28. The Morgan fingerprint density at radius 2 is 1.95 bits per heavy atom. The molecule has 1 aromatic heterocycles. The van der Waals surface area contributed by atoms with Crippen molar-refractivity contribution in [3.05, 3.63) is 30.0 Å². The van der Waals surface area contributed by atoms with Crippen LogP contribution in [-0.4, -0.2) is 37.0 Å². The molecule has 3 N–H and O–H groups in total. The lowest BCUT2D eigenvalue weighted by Crippen LogP contribution is -2.33. The Morgan fingerprint density at radius 3 is 2.65 bits per heavy atom. The Labute approximate surface area is 116 Å². The van der Waals surface area contributed by atoms with Crippen LogP contribution in [0.5, 0.6) is 5.75 Å². The predicted molar refractivity (Wildman–Crippen MR) is 75.9 cm³/mol. The van der Waals surface area contributed by atoms with Gasteiger partial charge in [-0.1, -0.05) is 0 Å². The van der Waals surface area contributed by atoms with Gasteiger partial charge in [0.05, 0.1) is 7.11 Å². The number of aromatic amines is 1. The molecule has 0 unspecified atom stereocenters. The summed E-state index contributed by atoms with van der Waals surface area (Å²) in [5.41, 5.74) is 1.36. The SMILES string of the molecule is COc1ccc2[nH]c(C(=O)NCCNC(C)=O)cc2c1. The molecule has 2 aromatic rings. The zero-order valence-corrected chi connectivity index (χ0v) is 11.4. The van der Waals surface area contributed by atoms with Crippen LogP contribution >= 0.6 is 0 Å². The number of carbonyl (C=O) groups excluding carboxylic acids is 2. The molecule has 20 heavy (non-hydrogen) atoms. The monoisotopic (exact) mass is 275 g/mol. The van der Waals surface area contributed by atoms with Crippen LogP contribution in [0.25, 0.3) is 10.9 Å². The highest BCUT2D eigenvalue weighted by Crippen LogP contribution is 2.21. The molecule has 0 fully saturated rings. The standard InChI is InChI=1S/C14H17N3O3/c1-9(18)15-5-6-16-14(19)13-8-10-7-11(20-2)3-4-12(10)17-13/h3-4,7-8,17H,5-6H2,1-2H3,(H,15,18)(H,16,19). The lowest BCUT2D eigenvalue weighted by atomic mass is 10.2. The summed E-state index contributed by atoms with van der Waals surface area (Å²) in [6.45, 7) is 2.24. The predicted octanol–water partition coefficient (Wildman–Crippen LogP) is 1.04. The average molecular weight is 275 g/mol. The first-order valence-corrected chi connectivity index (χ1v) is 6.29. The lowest BCUT2D eigenvalue weighted by Gasteiger charge is -2.03. The Hall–Kier alpha value is -2.50. The van der Waals surface area contributed by atoms with Crippen molar-refractivity contribution in [1.29, 1.82) is 0 Å². The molecule has 0 aliphatic heterocycles. The van der Waals surface area contributed by atoms with Crippen LogP contribution in [0.15, 0.2) is 24.3 Å². The molecule has 0 saturated heterocycles. The topological polar surface area (TPSA) is 83.2 Å². The normalized spacial score (nSPS) is 10.3. The van der Waals surface area contributed by atoms with E-state index in [2.05, 4.69) is 15.6 Å². The van der Waals surface area contributed by atoms with Crippen molar-refractivity contribution in [3.63, 3.8) is 0 Å². The van der Waals surface area contributed by atoms with Gasteiger partial charge >= 0.3 is 0 Å². The number of amides is 2. The number of fused-ring (bicyclic) bond motifs is 1. The molecule has 106 valence electrons. The van der Waals surface area contributed by atoms with Gasteiger partial charge in [0.2, 0.25) is 5.91 Å². The molecule has 6 nitrogen and oxygen atoms in total. The molecule has 1 heterocycles. The zero-order chi connectivity index (χ0) is 14.5. The highest BCUT2D eigenvalue weighted by Gasteiger charge is 2.09. The van der Waals surface area contributed by atoms with Gasteiger partial charge in [-0.2, -0.15) is 0 Å². The van der Waals surface area contributed by atoms with E-state index in [-0.39, 0.29) is 11.8 Å². The first-order chi connectivity index (χ1) is 9.60. The third-order valence-corrected chi connectivity index (χ3v) is 2.86. The molecular weight excluding hydrogens is 258 g/mol. The Kier molecular flexibility index (Phi) is 4.24. The molecule has 0 aliphatic carbocycles. The summed E-state index contributed by atoms with van der Waals surface area (Å²) in [6.07, 6.45) is 0. The summed E-state index contributed by atoms with van der Waals surface area (Å²) in [5, 5.41) is 6.25. The average Bonchev–Trinajstić information content (AvgIpc) is 2.85. The molecular formula is C14H17N3O3. The van der Waals surface area contributed by atoms with Gasteiger partial charge in [-0.3, -0.25) is 9.59 Å². The first-order valence-electron chi connectivity index (χ1n) is 6.29. The maximum absolute atomic E-state index is 11.9. The van der Waals surface area contributed by atoms with E-state index < -0.39 is 0 Å². The third-order valence-electron chi connectivity index (χ3n) is 2.86. The van der Waals surface area contributed by atoms with E-state index in [0.717, 1.165) is 16.7 Å². The minimum Gasteiger partial charge on any atom is -0.497 e. The number of hydrogen-bond acceptors (Lipinski definition) is 3. The zero-order valence-electron chi connectivity index (χ0n) is 11.4. The highest BCUT2D eigenvalue weighted by atomic mass is 16.5. The van der Waals surface area contributed by atoms with Gasteiger partial charge < -0.3 is 20.4 Å². The largest absolute Gasteiger partial charge is 0.497 e. The minimum absolute atomic E-state index is 0.114. The highest BCUT2D eigenvalue weighted by molar-refractivity contribution is 5.98. The van der Waals surface area contributed by atoms with Crippen molar-refractivity contribution >= 4 is 22.7 Å². The molecule has 2 amide bonds. The van der Waals surface area contributed by atoms with E-state index >= 15 is 0 Å². The Morgan fingerprint density at radius 1 is 1.20 bits per heavy atom. The van der Waals surface area contributed by atoms with Crippen molar-refractivity contribution in [2.24, 2.45) is 0 Å². The fourth-order valence-electron chi connectivity index (χ4n) is 1.87. The first kappa shape index (κ1) is 13.9. The van der Waals surface area contributed by atoms with E-state index in [1.54, 1.807) is 13.2 Å². The number of methoxy groups -OCH3 is 1. The van der Waals surface area contributed by atoms with Gasteiger partial charge in [0.1, 0.15) is 11.4 Å². The van der Waals surface area contributed by atoms with Gasteiger partial charge in [-0.05, 0) is 24.3 Å². The second-order valence-corrected chi connectivity index (χ2v) is 4.38. The molecule has 1 aromatic carbocycles. The number of hydrogen-bond donors (Lipinski definition) is 3. The van der Waals surface area contributed by atoms with Crippen LogP contribution in [0.1, 0.15) is 17.4 Å². The summed E-state index contributed by atoms with van der Waals surface area (Å²) in [6, 6.07) is 7.32. The molecule has 6 heteroatoms. The molecule has 0 aliphatic rings. The van der Waals surface area contributed by atoms with Crippen LogP contribution in [0.4, 0.5) is 0 Å². The van der Waals surface area contributed by atoms with E-state index in [1.807, 2.05) is 18.2 Å². The summed E-state index contributed by atoms with van der Waals surface area (Å²) in [7, 11) is 1.60. The molecule has 0 spiro atoms. The van der Waals surface area contributed by atoms with E-state index in [1.165, 1.54) is 6.92 Å². The van der Waals surface area contributed by atoms with Crippen molar-refractivity contribution in [2.75, 3.05) is 20.2 Å². The van der Waals surface area contributed by atoms with Crippen LogP contribution < -0.4 is 15.4 Å². The van der Waals surface area contributed by atoms with Crippen LogP contribution in [-0.2, 0) is 4.79 Å². The summed E-state index contributed by atoms with van der Waals surface area (Å²) < 4.78 is 5.14. The summed E-state index contributed by atoms with van der Waals surface area (Å²) >= 11 is 0. The van der Waals surface area contributed by atoms with Crippen LogP contribution in [0, 0.1) is 0 Å². The number of ether oxygens (including phenoxy) is 1. The number of benzene rings is 1. The van der Waals surface area contributed by atoms with Crippen molar-refractivity contribution < 1.29 is 14.3 Å². The van der Waals surface area contributed by atoms with Gasteiger partial charge in [0.25, 0.3) is 5.91 Å². The molecule has 0 bridgehead atoms. The fourth-order valence-corrected chi connectivity index (χ4v) is 1.87. The molecule has 0 atom stereocenters. The number of carbonyl (C=O) groups is 2. The summed E-state index contributed by atoms with van der Waals surface area (Å²) in [4.78, 5) is 25.7. The number of rotatable bonds is 5. The molecule has 0 radical (unpaired) electrons. The number of H-pyrrole nitrogens is 1. The minimum atomic E-state index is -0.203. The number of nitrogens with one attached hydrogen (secondary N) is 3. The lowest BCUT2D eigenvalue weighted by molar-refractivity contribution is -0.118. The Balaban J connectivity index is 2.01. The van der Waals surface area contributed by atoms with Crippen molar-refractivity contribution in [1.82, 2.24) is 15.6 Å². The second-order valence-electron chi connectivity index (χ2n) is 4.38.